The zero-order valence-electron chi connectivity index (χ0n) is 11.4. The minimum atomic E-state index is -0.591. The van der Waals surface area contributed by atoms with E-state index in [1.54, 1.807) is 6.92 Å². The lowest BCUT2D eigenvalue weighted by molar-refractivity contribution is -0.147. The topological polar surface area (TPSA) is 47.6 Å². The first-order valence-corrected chi connectivity index (χ1v) is 6.16. The average Bonchev–Trinajstić information content (AvgIpc) is 2.38. The largest absolute Gasteiger partial charge is 0.479 e. The van der Waals surface area contributed by atoms with Crippen LogP contribution in [0.15, 0.2) is 24.3 Å². The second-order valence-corrected chi connectivity index (χ2v) is 4.13. The van der Waals surface area contributed by atoms with E-state index in [1.165, 1.54) is 12.7 Å². The van der Waals surface area contributed by atoms with Gasteiger partial charge < -0.3 is 14.8 Å². The van der Waals surface area contributed by atoms with Crippen LogP contribution < -0.4 is 10.1 Å². The van der Waals surface area contributed by atoms with Crippen LogP contribution in [0.25, 0.3) is 0 Å². The number of carbonyl (C=O) groups is 1. The second-order valence-electron chi connectivity index (χ2n) is 4.13. The molecule has 100 valence electrons. The molecule has 18 heavy (non-hydrogen) atoms. The van der Waals surface area contributed by atoms with Crippen LogP contribution in [0.5, 0.6) is 5.75 Å². The van der Waals surface area contributed by atoms with Crippen molar-refractivity contribution in [2.75, 3.05) is 13.7 Å². The van der Waals surface area contributed by atoms with Gasteiger partial charge in [0.2, 0.25) is 0 Å². The standard InChI is InChI=1S/C14H21NO3/c1-5-15-10(2)12-6-8-13(9-7-12)18-11(3)14(16)17-4/h6-11,15H,5H2,1-4H3. The predicted octanol–water partition coefficient (Wildman–Crippen LogP) is 2.30. The monoisotopic (exact) mass is 251 g/mol. The highest BCUT2D eigenvalue weighted by atomic mass is 16.6. The Labute approximate surface area is 108 Å². The smallest absolute Gasteiger partial charge is 0.346 e. The van der Waals surface area contributed by atoms with Crippen molar-refractivity contribution >= 4 is 5.97 Å². The number of rotatable bonds is 6. The maximum absolute atomic E-state index is 11.2. The molecule has 0 saturated carbocycles. The van der Waals surface area contributed by atoms with Gasteiger partial charge >= 0.3 is 5.97 Å². The average molecular weight is 251 g/mol. The summed E-state index contributed by atoms with van der Waals surface area (Å²) in [4.78, 5) is 11.2. The first-order valence-electron chi connectivity index (χ1n) is 6.16. The molecule has 0 radical (unpaired) electrons. The Morgan fingerprint density at radius 2 is 1.89 bits per heavy atom. The fourth-order valence-corrected chi connectivity index (χ4v) is 1.68. The molecule has 0 aliphatic heterocycles. The molecule has 1 rings (SSSR count). The zero-order valence-corrected chi connectivity index (χ0v) is 11.4. The highest BCUT2D eigenvalue weighted by Gasteiger charge is 2.14. The fraction of sp³-hybridized carbons (Fsp3) is 0.500. The summed E-state index contributed by atoms with van der Waals surface area (Å²) >= 11 is 0. The van der Waals surface area contributed by atoms with Gasteiger partial charge in [0, 0.05) is 6.04 Å². The molecule has 4 heteroatoms. The van der Waals surface area contributed by atoms with Crippen LogP contribution in [0.1, 0.15) is 32.4 Å². The van der Waals surface area contributed by atoms with E-state index >= 15 is 0 Å². The normalized spacial score (nSPS) is 13.8. The van der Waals surface area contributed by atoms with Gasteiger partial charge in [-0.05, 0) is 38.1 Å². The van der Waals surface area contributed by atoms with Gasteiger partial charge in [-0.3, -0.25) is 0 Å². The van der Waals surface area contributed by atoms with Gasteiger partial charge in [0.05, 0.1) is 7.11 Å². The summed E-state index contributed by atoms with van der Waals surface area (Å²) in [5, 5.41) is 3.33. The molecule has 0 aliphatic carbocycles. The minimum Gasteiger partial charge on any atom is -0.479 e. The second kappa shape index (κ2) is 7.01. The molecular formula is C14H21NO3. The third-order valence-corrected chi connectivity index (χ3v) is 2.74. The number of nitrogens with one attached hydrogen (secondary N) is 1. The van der Waals surface area contributed by atoms with Crippen molar-refractivity contribution in [2.45, 2.75) is 32.9 Å². The third-order valence-electron chi connectivity index (χ3n) is 2.74. The van der Waals surface area contributed by atoms with Gasteiger partial charge in [0.1, 0.15) is 5.75 Å². The quantitative estimate of drug-likeness (QED) is 0.788. The summed E-state index contributed by atoms with van der Waals surface area (Å²) in [6.07, 6.45) is -0.591. The summed E-state index contributed by atoms with van der Waals surface area (Å²) in [5.74, 6) is 0.292. The number of carbonyl (C=O) groups excluding carboxylic acids is 1. The van der Waals surface area contributed by atoms with Crippen LogP contribution in [0, 0.1) is 0 Å². The number of hydrogen-bond donors (Lipinski definition) is 1. The molecule has 0 heterocycles. The SMILES string of the molecule is CCNC(C)c1ccc(OC(C)C(=O)OC)cc1. The van der Waals surface area contributed by atoms with E-state index in [4.69, 9.17) is 4.74 Å². The minimum absolute atomic E-state index is 0.307. The molecule has 0 spiro atoms. The molecule has 0 bridgehead atoms. The predicted molar refractivity (Wildman–Crippen MR) is 70.6 cm³/mol. The Morgan fingerprint density at radius 3 is 2.39 bits per heavy atom. The van der Waals surface area contributed by atoms with Crippen LogP contribution in [0.3, 0.4) is 0 Å². The summed E-state index contributed by atoms with van der Waals surface area (Å²) in [6.45, 7) is 6.78. The lowest BCUT2D eigenvalue weighted by Gasteiger charge is -2.15. The Bertz CT molecular complexity index is 375. The maximum Gasteiger partial charge on any atom is 0.346 e. The number of hydrogen-bond acceptors (Lipinski definition) is 4. The van der Waals surface area contributed by atoms with Crippen LogP contribution in [0.2, 0.25) is 0 Å². The Hall–Kier alpha value is -1.55. The van der Waals surface area contributed by atoms with Crippen LogP contribution in [-0.4, -0.2) is 25.7 Å². The Balaban J connectivity index is 2.63. The lowest BCUT2D eigenvalue weighted by atomic mass is 10.1. The van der Waals surface area contributed by atoms with E-state index in [9.17, 15) is 4.79 Å². The van der Waals surface area contributed by atoms with E-state index in [2.05, 4.69) is 23.9 Å². The Morgan fingerprint density at radius 1 is 1.28 bits per heavy atom. The summed E-state index contributed by atoms with van der Waals surface area (Å²) in [7, 11) is 1.35. The first kappa shape index (κ1) is 14.5. The fourth-order valence-electron chi connectivity index (χ4n) is 1.68. The van der Waals surface area contributed by atoms with Crippen LogP contribution in [-0.2, 0) is 9.53 Å². The number of ether oxygens (including phenoxy) is 2. The van der Waals surface area contributed by atoms with Gasteiger partial charge in [-0.15, -0.1) is 0 Å². The first-order chi connectivity index (χ1) is 8.58. The van der Waals surface area contributed by atoms with Crippen molar-refractivity contribution in [3.05, 3.63) is 29.8 Å². The molecule has 0 fully saturated rings. The van der Waals surface area contributed by atoms with Gasteiger partial charge in [0.25, 0.3) is 0 Å². The summed E-state index contributed by atoms with van der Waals surface area (Å²) in [5.41, 5.74) is 1.19. The summed E-state index contributed by atoms with van der Waals surface area (Å²) in [6, 6.07) is 8.02. The van der Waals surface area contributed by atoms with Crippen molar-refractivity contribution in [1.82, 2.24) is 5.32 Å². The van der Waals surface area contributed by atoms with Crippen molar-refractivity contribution in [1.29, 1.82) is 0 Å². The molecule has 0 saturated heterocycles. The number of esters is 1. The van der Waals surface area contributed by atoms with E-state index in [0.717, 1.165) is 6.54 Å². The molecule has 1 aromatic carbocycles. The molecule has 2 unspecified atom stereocenters. The van der Waals surface area contributed by atoms with Crippen molar-refractivity contribution in [2.24, 2.45) is 0 Å². The van der Waals surface area contributed by atoms with Gasteiger partial charge in [0.15, 0.2) is 6.10 Å². The highest BCUT2D eigenvalue weighted by Crippen LogP contribution is 2.18. The number of methoxy groups -OCH3 is 1. The molecule has 0 amide bonds. The van der Waals surface area contributed by atoms with Gasteiger partial charge in [-0.25, -0.2) is 4.79 Å². The van der Waals surface area contributed by atoms with Gasteiger partial charge in [-0.1, -0.05) is 19.1 Å². The molecule has 2 atom stereocenters. The molecule has 0 aliphatic rings. The molecule has 4 nitrogen and oxygen atoms in total. The highest BCUT2D eigenvalue weighted by molar-refractivity contribution is 5.74. The third kappa shape index (κ3) is 4.04. The molecule has 1 aromatic rings. The summed E-state index contributed by atoms with van der Waals surface area (Å²) < 4.78 is 10.1. The van der Waals surface area contributed by atoms with Crippen molar-refractivity contribution in [3.8, 4) is 5.75 Å². The van der Waals surface area contributed by atoms with Crippen molar-refractivity contribution in [3.63, 3.8) is 0 Å². The molecule has 0 aromatic heterocycles. The molecule has 1 N–H and O–H groups in total. The van der Waals surface area contributed by atoms with E-state index in [1.807, 2.05) is 24.3 Å². The number of benzene rings is 1. The van der Waals surface area contributed by atoms with Crippen LogP contribution >= 0.6 is 0 Å². The zero-order chi connectivity index (χ0) is 13.5. The van der Waals surface area contributed by atoms with E-state index < -0.39 is 6.10 Å². The lowest BCUT2D eigenvalue weighted by Crippen LogP contribution is -2.24. The van der Waals surface area contributed by atoms with E-state index in [-0.39, 0.29) is 5.97 Å². The van der Waals surface area contributed by atoms with Crippen molar-refractivity contribution < 1.29 is 14.3 Å². The Kier molecular flexibility index (Phi) is 5.65. The van der Waals surface area contributed by atoms with E-state index in [0.29, 0.717) is 11.8 Å². The molecular weight excluding hydrogens is 230 g/mol. The van der Waals surface area contributed by atoms with Crippen LogP contribution in [0.4, 0.5) is 0 Å². The maximum atomic E-state index is 11.2. The van der Waals surface area contributed by atoms with Gasteiger partial charge in [-0.2, -0.15) is 0 Å².